The maximum absolute atomic E-state index is 11.4. The first kappa shape index (κ1) is 25.6. The summed E-state index contributed by atoms with van der Waals surface area (Å²) >= 11 is 0. The zero-order valence-corrected chi connectivity index (χ0v) is 22.7. The van der Waals surface area contributed by atoms with E-state index in [4.69, 9.17) is 4.65 Å². The van der Waals surface area contributed by atoms with E-state index in [2.05, 4.69) is 126 Å². The Balaban J connectivity index is 0.000000164. The molecule has 1 aliphatic rings. The molecule has 40 heavy (non-hydrogen) atoms. The van der Waals surface area contributed by atoms with Crippen LogP contribution < -0.4 is 25.9 Å². The van der Waals surface area contributed by atoms with E-state index in [1.165, 1.54) is 21.2 Å². The van der Waals surface area contributed by atoms with Crippen molar-refractivity contribution in [1.29, 1.82) is 0 Å². The normalized spacial score (nSPS) is 12.2. The van der Waals surface area contributed by atoms with Crippen LogP contribution in [-0.4, -0.2) is 13.7 Å². The molecule has 0 unspecified atom stereocenters. The predicted molar refractivity (Wildman–Crippen MR) is 167 cm³/mol. The minimum Gasteiger partial charge on any atom is -0.526 e. The Morgan fingerprint density at radius 2 is 0.825 bits per heavy atom. The van der Waals surface area contributed by atoms with Crippen molar-refractivity contribution in [2.75, 3.05) is 0 Å². The van der Waals surface area contributed by atoms with E-state index in [-0.39, 0.29) is 5.97 Å². The van der Waals surface area contributed by atoms with Crippen molar-refractivity contribution in [1.82, 2.24) is 0 Å². The van der Waals surface area contributed by atoms with E-state index in [0.717, 1.165) is 18.5 Å². The summed E-state index contributed by atoms with van der Waals surface area (Å²) in [5.41, 5.74) is 0.469. The number of carbonyl (C=O) groups is 1. The molecule has 1 heterocycles. The van der Waals surface area contributed by atoms with E-state index in [9.17, 15) is 4.79 Å². The number of benzene rings is 6. The lowest BCUT2D eigenvalue weighted by atomic mass is 10.0. The Bertz CT molecular complexity index is 1560. The largest absolute Gasteiger partial charge is 0.660 e. The quantitative estimate of drug-likeness (QED) is 0.198. The highest BCUT2D eigenvalue weighted by molar-refractivity contribution is 8.01. The van der Waals surface area contributed by atoms with Gasteiger partial charge in [-0.05, 0) is 71.4 Å². The van der Waals surface area contributed by atoms with Crippen LogP contribution in [0.4, 0.5) is 0 Å². The van der Waals surface area contributed by atoms with Gasteiger partial charge in [0.1, 0.15) is 34.2 Å². The first-order chi connectivity index (χ1) is 19.8. The molecule has 5 heteroatoms. The Morgan fingerprint density at radius 1 is 0.450 bits per heavy atom. The third-order valence-electron chi connectivity index (χ3n) is 6.97. The first-order valence-corrected chi connectivity index (χ1v) is 14.9. The van der Waals surface area contributed by atoms with Gasteiger partial charge in [-0.3, -0.25) is 0 Å². The van der Waals surface area contributed by atoms with Crippen LogP contribution in [0.5, 0.6) is 5.75 Å². The van der Waals surface area contributed by atoms with Gasteiger partial charge in [0, 0.05) is 0 Å². The van der Waals surface area contributed by atoms with Gasteiger partial charge in [-0.25, -0.2) is 4.79 Å². The van der Waals surface area contributed by atoms with Gasteiger partial charge in [0.05, 0.1) is 5.56 Å². The molecule has 0 saturated carbocycles. The molecule has 6 aromatic carbocycles. The second-order valence-corrected chi connectivity index (χ2v) is 12.7. The van der Waals surface area contributed by atoms with Gasteiger partial charge in [0.15, 0.2) is 0 Å². The maximum atomic E-state index is 11.4. The zero-order valence-electron chi connectivity index (χ0n) is 21.8. The molecule has 0 amide bonds. The van der Waals surface area contributed by atoms with Crippen molar-refractivity contribution in [3.8, 4) is 5.75 Å². The number of fused-ring (bicyclic) bond motifs is 2. The molecule has 0 spiro atoms. The molecular weight excluding hydrogens is 510 g/mol. The molecule has 191 valence electrons. The first-order valence-electron chi connectivity index (χ1n) is 13.1. The SMILES string of the molecule is O=C1O[B]Oc2cc3ccccc3cc21.c1ccc([P+](c2ccccc2)(c2ccccc2)c2ccccc2)cc1. The fourth-order valence-corrected chi connectivity index (χ4v) is 9.43. The molecular formula is C35H26BO3P+. The van der Waals surface area contributed by atoms with Crippen molar-refractivity contribution < 1.29 is 14.1 Å². The fraction of sp³-hybridized carbons (Fsp3) is 0. The van der Waals surface area contributed by atoms with Gasteiger partial charge in [-0.15, -0.1) is 0 Å². The van der Waals surface area contributed by atoms with Gasteiger partial charge < -0.3 is 9.31 Å². The summed E-state index contributed by atoms with van der Waals surface area (Å²) in [7, 11) is -0.851. The second kappa shape index (κ2) is 11.6. The molecule has 7 rings (SSSR count). The van der Waals surface area contributed by atoms with Gasteiger partial charge >= 0.3 is 13.7 Å². The molecule has 0 aliphatic carbocycles. The Hall–Kier alpha value is -4.66. The van der Waals surface area contributed by atoms with Crippen molar-refractivity contribution in [2.45, 2.75) is 0 Å². The van der Waals surface area contributed by atoms with Crippen molar-refractivity contribution in [2.24, 2.45) is 0 Å². The van der Waals surface area contributed by atoms with Crippen molar-refractivity contribution in [3.63, 3.8) is 0 Å². The van der Waals surface area contributed by atoms with Crippen LogP contribution in [0.25, 0.3) is 10.8 Å². The maximum Gasteiger partial charge on any atom is 0.660 e. The Kier molecular flexibility index (Phi) is 7.44. The third kappa shape index (κ3) is 4.90. The van der Waals surface area contributed by atoms with Crippen molar-refractivity contribution in [3.05, 3.63) is 163 Å². The molecule has 0 fully saturated rings. The number of rotatable bonds is 4. The molecule has 0 bridgehead atoms. The molecule has 1 aliphatic heterocycles. The van der Waals surface area contributed by atoms with Crippen LogP contribution in [0.1, 0.15) is 10.4 Å². The van der Waals surface area contributed by atoms with E-state index >= 15 is 0 Å². The van der Waals surface area contributed by atoms with E-state index < -0.39 is 7.26 Å². The van der Waals surface area contributed by atoms with E-state index in [1.807, 2.05) is 30.3 Å². The molecule has 0 N–H and O–H groups in total. The lowest BCUT2D eigenvalue weighted by molar-refractivity contribution is 0.0699. The van der Waals surface area contributed by atoms with Gasteiger partial charge in [0.2, 0.25) is 0 Å². The fourth-order valence-electron chi connectivity index (χ4n) is 5.16. The number of hydrogen-bond acceptors (Lipinski definition) is 3. The van der Waals surface area contributed by atoms with Crippen LogP contribution >= 0.6 is 7.26 Å². The zero-order chi connectivity index (χ0) is 27.2. The predicted octanol–water partition coefficient (Wildman–Crippen LogP) is 6.23. The van der Waals surface area contributed by atoms with Crippen LogP contribution in [-0.2, 0) is 4.65 Å². The minimum absolute atomic E-state index is 0.373. The Labute approximate surface area is 235 Å². The Morgan fingerprint density at radius 3 is 1.25 bits per heavy atom. The molecule has 0 saturated heterocycles. The van der Waals surface area contributed by atoms with Crippen LogP contribution in [0, 0.1) is 0 Å². The lowest BCUT2D eigenvalue weighted by Gasteiger charge is -2.27. The third-order valence-corrected chi connectivity index (χ3v) is 11.3. The van der Waals surface area contributed by atoms with Gasteiger partial charge in [-0.2, -0.15) is 0 Å². The smallest absolute Gasteiger partial charge is 0.526 e. The van der Waals surface area contributed by atoms with Gasteiger partial charge in [0.25, 0.3) is 0 Å². The summed E-state index contributed by atoms with van der Waals surface area (Å²) in [6, 6.07) is 55.2. The lowest BCUT2D eigenvalue weighted by Crippen LogP contribution is -2.38. The topological polar surface area (TPSA) is 35.5 Å². The molecule has 1 radical (unpaired) electrons. The summed E-state index contributed by atoms with van der Waals surface area (Å²) in [6.07, 6.45) is 0. The second-order valence-electron chi connectivity index (χ2n) is 9.33. The summed E-state index contributed by atoms with van der Waals surface area (Å²) in [4.78, 5) is 11.4. The van der Waals surface area contributed by atoms with Crippen LogP contribution in [0.2, 0.25) is 0 Å². The number of hydrogen-bond donors (Lipinski definition) is 0. The molecule has 3 nitrogen and oxygen atoms in total. The summed E-state index contributed by atoms with van der Waals surface area (Å²) in [5.74, 6) is 0.173. The average molecular weight is 536 g/mol. The highest BCUT2D eigenvalue weighted by Crippen LogP contribution is 2.54. The monoisotopic (exact) mass is 536 g/mol. The summed E-state index contributed by atoms with van der Waals surface area (Å²) < 4.78 is 9.80. The van der Waals surface area contributed by atoms with E-state index in [1.54, 1.807) is 6.07 Å². The average Bonchev–Trinajstić information content (AvgIpc) is 3.03. The van der Waals surface area contributed by atoms with Crippen LogP contribution in [0.15, 0.2) is 158 Å². The summed E-state index contributed by atoms with van der Waals surface area (Å²) in [6.45, 7) is 0. The number of carbonyl (C=O) groups excluding carboxylic acids is 1. The van der Waals surface area contributed by atoms with Crippen molar-refractivity contribution >= 4 is 52.9 Å². The van der Waals surface area contributed by atoms with E-state index in [0.29, 0.717) is 11.3 Å². The highest BCUT2D eigenvalue weighted by Gasteiger charge is 2.47. The standard InChI is InChI=1S/C24H20P.C11H6BO3/c1-5-13-21(14-6-1)25(22-15-7-2-8-16-22,23-17-9-3-10-18-23)24-19-11-4-12-20-24;13-11-9-5-7-3-1-2-4-8(7)6-10(9)14-12-15-11/h1-20H;1-6H/q+1;. The van der Waals surface area contributed by atoms with Crippen LogP contribution in [0.3, 0.4) is 0 Å². The molecule has 6 aromatic rings. The highest BCUT2D eigenvalue weighted by atomic mass is 31.2. The molecule has 0 atom stereocenters. The minimum atomic E-state index is -1.91. The summed E-state index contributed by atoms with van der Waals surface area (Å²) in [5, 5.41) is 7.59. The van der Waals surface area contributed by atoms with Gasteiger partial charge in [-0.1, -0.05) is 97.1 Å². The molecule has 0 aromatic heterocycles.